The monoisotopic (exact) mass is 261 g/mol. The predicted molar refractivity (Wildman–Crippen MR) is 73.2 cm³/mol. The number of amides is 1. The van der Waals surface area contributed by atoms with Gasteiger partial charge < -0.3 is 15.5 Å². The van der Waals surface area contributed by atoms with E-state index in [1.54, 1.807) is 0 Å². The van der Waals surface area contributed by atoms with Gasteiger partial charge in [0.25, 0.3) is 0 Å². The Hall–Kier alpha value is -1.88. The lowest BCUT2D eigenvalue weighted by atomic mass is 9.95. The molecule has 0 radical (unpaired) electrons. The first-order chi connectivity index (χ1) is 9.11. The maximum absolute atomic E-state index is 12.0. The number of aromatic nitrogens is 1. The van der Waals surface area contributed by atoms with Crippen LogP contribution in [-0.4, -0.2) is 17.4 Å². The molecule has 0 fully saturated rings. The summed E-state index contributed by atoms with van der Waals surface area (Å²) in [5.41, 5.74) is 8.15. The molecule has 0 aliphatic rings. The Morgan fingerprint density at radius 1 is 1.47 bits per heavy atom. The molecule has 1 aromatic heterocycles. The Morgan fingerprint density at radius 3 is 2.95 bits per heavy atom. The van der Waals surface area contributed by atoms with Crippen LogP contribution < -0.4 is 11.1 Å². The summed E-state index contributed by atoms with van der Waals surface area (Å²) >= 11 is 0. The zero-order valence-electron chi connectivity index (χ0n) is 11.2. The van der Waals surface area contributed by atoms with Crippen molar-refractivity contribution in [2.24, 2.45) is 17.6 Å². The van der Waals surface area contributed by atoms with Crippen molar-refractivity contribution >= 4 is 17.0 Å². The van der Waals surface area contributed by atoms with Gasteiger partial charge in [0.1, 0.15) is 5.52 Å². The number of nitrogens with two attached hydrogens (primary N) is 1. The summed E-state index contributed by atoms with van der Waals surface area (Å²) in [6.07, 6.45) is 1.41. The van der Waals surface area contributed by atoms with Crippen LogP contribution in [0.25, 0.3) is 11.1 Å². The van der Waals surface area contributed by atoms with Crippen LogP contribution in [-0.2, 0) is 11.3 Å². The van der Waals surface area contributed by atoms with Gasteiger partial charge >= 0.3 is 0 Å². The minimum absolute atomic E-state index is 0.00448. The van der Waals surface area contributed by atoms with E-state index in [2.05, 4.69) is 10.3 Å². The number of carbonyl (C=O) groups excluding carboxylic acids is 1. The fourth-order valence-electron chi connectivity index (χ4n) is 2.01. The third-order valence-corrected chi connectivity index (χ3v) is 3.26. The van der Waals surface area contributed by atoms with E-state index < -0.39 is 0 Å². The average Bonchev–Trinajstić information content (AvgIpc) is 2.84. The molecule has 0 aliphatic carbocycles. The number of fused-ring (bicyclic) bond motifs is 1. The number of carbonyl (C=O) groups is 1. The zero-order valence-corrected chi connectivity index (χ0v) is 11.2. The molecule has 1 heterocycles. The first-order valence-electron chi connectivity index (χ1n) is 6.41. The number of nitrogens with zero attached hydrogens (tertiary/aromatic N) is 1. The molecular weight excluding hydrogens is 242 g/mol. The van der Waals surface area contributed by atoms with Crippen LogP contribution >= 0.6 is 0 Å². The van der Waals surface area contributed by atoms with Crippen molar-refractivity contribution in [3.63, 3.8) is 0 Å². The van der Waals surface area contributed by atoms with Crippen LogP contribution in [0.3, 0.4) is 0 Å². The quantitative estimate of drug-likeness (QED) is 0.858. The van der Waals surface area contributed by atoms with Crippen LogP contribution in [0.4, 0.5) is 0 Å². The van der Waals surface area contributed by atoms with Crippen LogP contribution in [0.15, 0.2) is 29.0 Å². The van der Waals surface area contributed by atoms with Crippen molar-refractivity contribution in [1.29, 1.82) is 0 Å². The highest BCUT2D eigenvalue weighted by atomic mass is 16.3. The average molecular weight is 261 g/mol. The molecule has 3 N–H and O–H groups in total. The fraction of sp³-hybridized carbons (Fsp3) is 0.429. The third-order valence-electron chi connectivity index (χ3n) is 3.26. The summed E-state index contributed by atoms with van der Waals surface area (Å²) in [4.78, 5) is 16.0. The molecular formula is C14H19N3O2. The molecule has 2 aromatic rings. The van der Waals surface area contributed by atoms with Crippen molar-refractivity contribution in [3.8, 4) is 0 Å². The maximum atomic E-state index is 12.0. The van der Waals surface area contributed by atoms with Gasteiger partial charge in [0.15, 0.2) is 12.0 Å². The van der Waals surface area contributed by atoms with Crippen molar-refractivity contribution in [3.05, 3.63) is 30.2 Å². The molecule has 5 nitrogen and oxygen atoms in total. The van der Waals surface area contributed by atoms with E-state index >= 15 is 0 Å². The van der Waals surface area contributed by atoms with Gasteiger partial charge in [0, 0.05) is 13.1 Å². The molecule has 19 heavy (non-hydrogen) atoms. The number of nitrogens with one attached hydrogen (secondary N) is 1. The minimum Gasteiger partial charge on any atom is -0.443 e. The highest BCUT2D eigenvalue weighted by Crippen LogP contribution is 2.14. The highest BCUT2D eigenvalue weighted by molar-refractivity contribution is 5.79. The molecule has 102 valence electrons. The van der Waals surface area contributed by atoms with E-state index in [1.807, 2.05) is 32.0 Å². The summed E-state index contributed by atoms with van der Waals surface area (Å²) in [6.45, 7) is 4.83. The number of hydrogen-bond donors (Lipinski definition) is 2. The van der Waals surface area contributed by atoms with Gasteiger partial charge in [-0.05, 0) is 23.6 Å². The van der Waals surface area contributed by atoms with E-state index in [0.717, 1.165) is 16.7 Å². The fourth-order valence-corrected chi connectivity index (χ4v) is 2.01. The van der Waals surface area contributed by atoms with Crippen molar-refractivity contribution < 1.29 is 9.21 Å². The smallest absolute Gasteiger partial charge is 0.224 e. The molecule has 1 aromatic carbocycles. The Kier molecular flexibility index (Phi) is 4.16. The van der Waals surface area contributed by atoms with E-state index in [4.69, 9.17) is 10.2 Å². The summed E-state index contributed by atoms with van der Waals surface area (Å²) in [7, 11) is 0. The zero-order chi connectivity index (χ0) is 13.8. The van der Waals surface area contributed by atoms with Crippen LogP contribution in [0.1, 0.15) is 19.4 Å². The molecule has 0 bridgehead atoms. The minimum atomic E-state index is -0.144. The van der Waals surface area contributed by atoms with Gasteiger partial charge in [-0.3, -0.25) is 4.79 Å². The van der Waals surface area contributed by atoms with Crippen molar-refractivity contribution in [2.75, 3.05) is 6.54 Å². The third kappa shape index (κ3) is 3.12. The molecule has 1 unspecified atom stereocenters. The second kappa shape index (κ2) is 5.84. The van der Waals surface area contributed by atoms with Crippen molar-refractivity contribution in [1.82, 2.24) is 10.3 Å². The maximum Gasteiger partial charge on any atom is 0.224 e. The van der Waals surface area contributed by atoms with Gasteiger partial charge in [0.2, 0.25) is 5.91 Å². The molecule has 1 amide bonds. The SMILES string of the molecule is CC(C)C(CN)C(=O)NCc1ccc2ncoc2c1. The lowest BCUT2D eigenvalue weighted by Crippen LogP contribution is -2.37. The molecule has 0 saturated heterocycles. The number of benzene rings is 1. The summed E-state index contributed by atoms with van der Waals surface area (Å²) in [5.74, 6) is 0.0888. The van der Waals surface area contributed by atoms with Crippen LogP contribution in [0.5, 0.6) is 0 Å². The highest BCUT2D eigenvalue weighted by Gasteiger charge is 2.19. The first kappa shape index (κ1) is 13.5. The normalized spacial score (nSPS) is 12.8. The van der Waals surface area contributed by atoms with Gasteiger partial charge in [-0.2, -0.15) is 0 Å². The van der Waals surface area contributed by atoms with Gasteiger partial charge in [0.05, 0.1) is 5.92 Å². The summed E-state index contributed by atoms with van der Waals surface area (Å²) < 4.78 is 5.23. The molecule has 1 atom stereocenters. The molecule has 2 rings (SSSR count). The summed E-state index contributed by atoms with van der Waals surface area (Å²) in [5, 5.41) is 2.91. The van der Waals surface area contributed by atoms with E-state index in [1.165, 1.54) is 6.39 Å². The summed E-state index contributed by atoms with van der Waals surface area (Å²) in [6, 6.07) is 5.69. The largest absolute Gasteiger partial charge is 0.443 e. The van der Waals surface area contributed by atoms with Gasteiger partial charge in [-0.15, -0.1) is 0 Å². The Balaban J connectivity index is 1.99. The van der Waals surface area contributed by atoms with Gasteiger partial charge in [-0.1, -0.05) is 19.9 Å². The van der Waals surface area contributed by atoms with Crippen molar-refractivity contribution in [2.45, 2.75) is 20.4 Å². The van der Waals surface area contributed by atoms with Crippen LogP contribution in [0.2, 0.25) is 0 Å². The number of oxazole rings is 1. The van der Waals surface area contributed by atoms with E-state index in [9.17, 15) is 4.79 Å². The lowest BCUT2D eigenvalue weighted by molar-refractivity contribution is -0.126. The van der Waals surface area contributed by atoms with Gasteiger partial charge in [-0.25, -0.2) is 4.98 Å². The first-order valence-corrected chi connectivity index (χ1v) is 6.41. The Labute approximate surface area is 112 Å². The van der Waals surface area contributed by atoms with E-state index in [-0.39, 0.29) is 17.7 Å². The Morgan fingerprint density at radius 2 is 2.26 bits per heavy atom. The predicted octanol–water partition coefficient (Wildman–Crippen LogP) is 1.67. The molecule has 0 spiro atoms. The molecule has 0 saturated carbocycles. The lowest BCUT2D eigenvalue weighted by Gasteiger charge is -2.18. The standard InChI is InChI=1S/C14H19N3O2/c1-9(2)11(6-15)14(18)16-7-10-3-4-12-13(5-10)19-8-17-12/h3-5,8-9,11H,6-7,15H2,1-2H3,(H,16,18). The van der Waals surface area contributed by atoms with Crippen LogP contribution in [0, 0.1) is 11.8 Å². The number of rotatable bonds is 5. The molecule has 0 aliphatic heterocycles. The van der Waals surface area contributed by atoms with E-state index in [0.29, 0.717) is 13.1 Å². The molecule has 5 heteroatoms. The second-order valence-corrected chi connectivity index (χ2v) is 4.96. The topological polar surface area (TPSA) is 81.2 Å². The Bertz CT molecular complexity index is 563. The number of hydrogen-bond acceptors (Lipinski definition) is 4. The second-order valence-electron chi connectivity index (χ2n) is 4.96.